The minimum Gasteiger partial charge on any atom is -0.482 e. The molecule has 2 amide bonds. The maximum absolute atomic E-state index is 12.3. The van der Waals surface area contributed by atoms with Crippen molar-refractivity contribution < 1.29 is 32.3 Å². The highest BCUT2D eigenvalue weighted by Gasteiger charge is 2.29. The lowest BCUT2D eigenvalue weighted by Crippen LogP contribution is -2.43. The van der Waals surface area contributed by atoms with Gasteiger partial charge in [0.15, 0.2) is 12.7 Å². The molecule has 2 aromatic rings. The summed E-state index contributed by atoms with van der Waals surface area (Å²) in [5.74, 6) is -1.42. The number of carbonyl (C=O) groups excluding carboxylic acids is 3. The molecule has 1 aliphatic rings. The number of hydrogen-bond donors (Lipinski definition) is 2. The average Bonchev–Trinajstić information content (AvgIpc) is 2.69. The van der Waals surface area contributed by atoms with Crippen LogP contribution in [0.4, 0.5) is 11.4 Å². The highest BCUT2D eigenvalue weighted by molar-refractivity contribution is 7.89. The van der Waals surface area contributed by atoms with Gasteiger partial charge in [-0.2, -0.15) is 0 Å². The Morgan fingerprint density at radius 3 is 2.70 bits per heavy atom. The van der Waals surface area contributed by atoms with E-state index in [-0.39, 0.29) is 17.2 Å². The molecule has 0 radical (unpaired) electrons. The largest absolute Gasteiger partial charge is 0.482 e. The maximum Gasteiger partial charge on any atom is 0.326 e. The Morgan fingerprint density at radius 1 is 1.23 bits per heavy atom. The van der Waals surface area contributed by atoms with E-state index in [0.717, 1.165) is 0 Å². The second-order valence-corrected chi connectivity index (χ2v) is 7.99. The van der Waals surface area contributed by atoms with Crippen LogP contribution in [0.3, 0.4) is 0 Å². The van der Waals surface area contributed by atoms with Crippen molar-refractivity contribution in [2.24, 2.45) is 5.14 Å². The number of para-hydroxylation sites is 2. The predicted octanol–water partition coefficient (Wildman–Crippen LogP) is 0.630. The van der Waals surface area contributed by atoms with E-state index in [0.29, 0.717) is 11.4 Å². The zero-order valence-corrected chi connectivity index (χ0v) is 16.7. The van der Waals surface area contributed by atoms with Crippen LogP contribution in [-0.4, -0.2) is 45.5 Å². The van der Waals surface area contributed by atoms with Gasteiger partial charge in [0.1, 0.15) is 12.3 Å². The molecule has 2 aromatic carbocycles. The highest BCUT2D eigenvalue weighted by Crippen LogP contribution is 2.31. The fourth-order valence-corrected chi connectivity index (χ4v) is 3.30. The molecule has 0 aliphatic carbocycles. The summed E-state index contributed by atoms with van der Waals surface area (Å²) in [5.41, 5.74) is 0.606. The van der Waals surface area contributed by atoms with Gasteiger partial charge in [0.2, 0.25) is 10.0 Å². The molecule has 1 atom stereocenters. The van der Waals surface area contributed by atoms with Gasteiger partial charge in [0.25, 0.3) is 11.8 Å². The van der Waals surface area contributed by atoms with Crippen LogP contribution in [0.1, 0.15) is 6.92 Å². The van der Waals surface area contributed by atoms with Crippen molar-refractivity contribution in [2.45, 2.75) is 17.9 Å². The number of fused-ring (bicyclic) bond motifs is 1. The molecule has 0 saturated carbocycles. The molecule has 3 N–H and O–H groups in total. The second-order valence-electron chi connectivity index (χ2n) is 6.43. The molecule has 3 rings (SSSR count). The molecule has 30 heavy (non-hydrogen) atoms. The van der Waals surface area contributed by atoms with Crippen molar-refractivity contribution in [2.75, 3.05) is 23.4 Å². The summed E-state index contributed by atoms with van der Waals surface area (Å²) in [7, 11) is -3.93. The third-order valence-corrected chi connectivity index (χ3v) is 5.11. The summed E-state index contributed by atoms with van der Waals surface area (Å²) in [5, 5.41) is 7.52. The fraction of sp³-hybridized carbons (Fsp3) is 0.211. The molecule has 0 bridgehead atoms. The first-order valence-corrected chi connectivity index (χ1v) is 10.3. The van der Waals surface area contributed by atoms with E-state index in [1.807, 2.05) is 0 Å². The molecule has 0 spiro atoms. The van der Waals surface area contributed by atoms with Gasteiger partial charge in [-0.05, 0) is 37.3 Å². The van der Waals surface area contributed by atoms with Crippen molar-refractivity contribution in [1.29, 1.82) is 0 Å². The van der Waals surface area contributed by atoms with Crippen LogP contribution in [0, 0.1) is 0 Å². The first kappa shape index (κ1) is 21.3. The molecule has 0 fully saturated rings. The SMILES string of the molecule is CC(OC(=O)CN1C(=O)COc2ccccc21)C(=O)Nc1cccc(S(N)(=O)=O)c1. The monoisotopic (exact) mass is 433 g/mol. The number of amides is 2. The topological polar surface area (TPSA) is 145 Å². The first-order chi connectivity index (χ1) is 14.1. The number of sulfonamides is 1. The fourth-order valence-electron chi connectivity index (χ4n) is 2.74. The zero-order valence-electron chi connectivity index (χ0n) is 15.9. The van der Waals surface area contributed by atoms with Crippen LogP contribution in [0.2, 0.25) is 0 Å². The summed E-state index contributed by atoms with van der Waals surface area (Å²) in [6.45, 7) is 0.754. The quantitative estimate of drug-likeness (QED) is 0.636. The van der Waals surface area contributed by atoms with Crippen molar-refractivity contribution >= 4 is 39.2 Å². The van der Waals surface area contributed by atoms with Gasteiger partial charge >= 0.3 is 5.97 Å². The summed E-state index contributed by atoms with van der Waals surface area (Å²) in [4.78, 5) is 37.8. The van der Waals surface area contributed by atoms with E-state index in [2.05, 4.69) is 5.32 Å². The van der Waals surface area contributed by atoms with Gasteiger partial charge in [-0.3, -0.25) is 19.3 Å². The van der Waals surface area contributed by atoms with Crippen LogP contribution < -0.4 is 20.1 Å². The number of anilines is 2. The van der Waals surface area contributed by atoms with Gasteiger partial charge in [-0.15, -0.1) is 0 Å². The number of carbonyl (C=O) groups is 3. The van der Waals surface area contributed by atoms with Crippen LogP contribution in [0.15, 0.2) is 53.4 Å². The molecule has 158 valence electrons. The number of rotatable bonds is 6. The van der Waals surface area contributed by atoms with Crippen molar-refractivity contribution in [3.8, 4) is 5.75 Å². The van der Waals surface area contributed by atoms with E-state index in [9.17, 15) is 22.8 Å². The number of primary sulfonamides is 1. The van der Waals surface area contributed by atoms with Crippen molar-refractivity contribution in [3.63, 3.8) is 0 Å². The Hall–Kier alpha value is -3.44. The smallest absolute Gasteiger partial charge is 0.326 e. The number of benzene rings is 2. The number of ether oxygens (including phenoxy) is 2. The Labute approximate surface area is 172 Å². The minimum atomic E-state index is -3.93. The standard InChI is InChI=1S/C19H19N3O7S/c1-12(19(25)21-13-5-4-6-14(9-13)30(20,26)27)29-18(24)10-22-15-7-2-3-8-16(15)28-11-17(22)23/h2-9,12H,10-11H2,1H3,(H,21,25)(H2,20,26,27). The molecule has 1 aliphatic heterocycles. The zero-order chi connectivity index (χ0) is 21.9. The van der Waals surface area contributed by atoms with E-state index >= 15 is 0 Å². The van der Waals surface area contributed by atoms with Gasteiger partial charge in [0.05, 0.1) is 10.6 Å². The summed E-state index contributed by atoms with van der Waals surface area (Å²) < 4.78 is 33.2. The van der Waals surface area contributed by atoms with Crippen LogP contribution in [0.5, 0.6) is 5.75 Å². The predicted molar refractivity (Wildman–Crippen MR) is 106 cm³/mol. The molecule has 1 heterocycles. The third kappa shape index (κ3) is 4.93. The van der Waals surface area contributed by atoms with Gasteiger partial charge in [-0.25, -0.2) is 13.6 Å². The Kier molecular flexibility index (Phi) is 6.04. The number of hydrogen-bond acceptors (Lipinski definition) is 7. The van der Waals surface area contributed by atoms with E-state index in [4.69, 9.17) is 14.6 Å². The Morgan fingerprint density at radius 2 is 1.97 bits per heavy atom. The lowest BCUT2D eigenvalue weighted by atomic mass is 10.2. The van der Waals surface area contributed by atoms with Crippen LogP contribution in [0.25, 0.3) is 0 Å². The van der Waals surface area contributed by atoms with Crippen molar-refractivity contribution in [3.05, 3.63) is 48.5 Å². The van der Waals surface area contributed by atoms with E-state index < -0.39 is 40.5 Å². The Bertz CT molecular complexity index is 1100. The molecular formula is C19H19N3O7S. The van der Waals surface area contributed by atoms with Gasteiger partial charge in [-0.1, -0.05) is 18.2 Å². The molecule has 0 saturated heterocycles. The summed E-state index contributed by atoms with van der Waals surface area (Å²) >= 11 is 0. The van der Waals surface area contributed by atoms with Crippen LogP contribution in [-0.2, 0) is 29.1 Å². The van der Waals surface area contributed by atoms with Gasteiger partial charge in [0, 0.05) is 5.69 Å². The number of nitrogens with zero attached hydrogens (tertiary/aromatic N) is 1. The normalized spacial score (nSPS) is 14.3. The summed E-state index contributed by atoms with van der Waals surface area (Å²) in [6, 6.07) is 12.1. The molecule has 11 heteroatoms. The lowest BCUT2D eigenvalue weighted by Gasteiger charge is -2.28. The maximum atomic E-state index is 12.3. The van der Waals surface area contributed by atoms with Crippen LogP contribution >= 0.6 is 0 Å². The number of nitrogens with two attached hydrogens (primary N) is 1. The number of nitrogens with one attached hydrogen (secondary N) is 1. The lowest BCUT2D eigenvalue weighted by molar-refractivity contribution is -0.152. The molecule has 0 aromatic heterocycles. The number of esters is 1. The molecule has 10 nitrogen and oxygen atoms in total. The second kappa shape index (κ2) is 8.51. The van der Waals surface area contributed by atoms with E-state index in [1.54, 1.807) is 24.3 Å². The van der Waals surface area contributed by atoms with E-state index in [1.165, 1.54) is 36.1 Å². The molecule has 1 unspecified atom stereocenters. The minimum absolute atomic E-state index is 0.172. The van der Waals surface area contributed by atoms with Gasteiger partial charge < -0.3 is 14.8 Å². The third-order valence-electron chi connectivity index (χ3n) is 4.20. The molecular weight excluding hydrogens is 414 g/mol. The van der Waals surface area contributed by atoms with Crippen molar-refractivity contribution in [1.82, 2.24) is 0 Å². The average molecular weight is 433 g/mol. The highest BCUT2D eigenvalue weighted by atomic mass is 32.2. The Balaban J connectivity index is 1.62. The first-order valence-electron chi connectivity index (χ1n) is 8.80. The summed E-state index contributed by atoms with van der Waals surface area (Å²) in [6.07, 6.45) is -1.19.